The summed E-state index contributed by atoms with van der Waals surface area (Å²) in [6.07, 6.45) is 0.268. The van der Waals surface area contributed by atoms with Gasteiger partial charge in [-0.1, -0.05) is 15.9 Å². The van der Waals surface area contributed by atoms with Crippen LogP contribution in [0.3, 0.4) is 0 Å². The summed E-state index contributed by atoms with van der Waals surface area (Å²) >= 11 is 3.16. The van der Waals surface area contributed by atoms with E-state index < -0.39 is 5.82 Å². The highest BCUT2D eigenvalue weighted by Gasteiger charge is 2.31. The molecule has 1 fully saturated rings. The van der Waals surface area contributed by atoms with Crippen LogP contribution in [0.5, 0.6) is 0 Å². The van der Waals surface area contributed by atoms with Gasteiger partial charge in [0, 0.05) is 30.0 Å². The van der Waals surface area contributed by atoms with Crippen LogP contribution < -0.4 is 10.6 Å². The molecule has 17 heavy (non-hydrogen) atoms. The Morgan fingerprint density at radius 2 is 2.29 bits per heavy atom. The number of aliphatic hydroxyl groups excluding tert-OH is 1. The number of rotatable bonds is 2. The number of nitrogens with zero attached hydrogens (tertiary/aromatic N) is 1. The minimum atomic E-state index is -0.561. The van der Waals surface area contributed by atoms with Crippen molar-refractivity contribution in [2.75, 3.05) is 23.8 Å². The highest BCUT2D eigenvalue weighted by Crippen LogP contribution is 2.33. The first-order chi connectivity index (χ1) is 8.02. The third kappa shape index (κ3) is 2.28. The number of carbonyl (C=O) groups is 1. The Hall–Kier alpha value is -1.14. The van der Waals surface area contributed by atoms with Crippen LogP contribution in [0.2, 0.25) is 0 Å². The van der Waals surface area contributed by atoms with Crippen LogP contribution in [0.25, 0.3) is 0 Å². The summed E-state index contributed by atoms with van der Waals surface area (Å²) < 4.78 is 14.0. The Kier molecular flexibility index (Phi) is 3.35. The number of amides is 1. The van der Waals surface area contributed by atoms with E-state index in [1.54, 1.807) is 6.07 Å². The van der Waals surface area contributed by atoms with Crippen molar-refractivity contribution < 1.29 is 14.3 Å². The molecule has 1 unspecified atom stereocenters. The van der Waals surface area contributed by atoms with E-state index in [4.69, 9.17) is 10.8 Å². The normalized spacial score (nSPS) is 20.1. The van der Waals surface area contributed by atoms with Crippen LogP contribution in [-0.2, 0) is 4.79 Å². The van der Waals surface area contributed by atoms with Crippen molar-refractivity contribution in [3.63, 3.8) is 0 Å². The van der Waals surface area contributed by atoms with Gasteiger partial charge >= 0.3 is 0 Å². The quantitative estimate of drug-likeness (QED) is 0.814. The molecule has 0 aliphatic carbocycles. The number of anilines is 2. The van der Waals surface area contributed by atoms with Crippen LogP contribution >= 0.6 is 15.9 Å². The summed E-state index contributed by atoms with van der Waals surface area (Å²) in [6.45, 7) is 0.314. The summed E-state index contributed by atoms with van der Waals surface area (Å²) in [4.78, 5) is 13.2. The molecule has 3 N–H and O–H groups in total. The lowest BCUT2D eigenvalue weighted by atomic mass is 10.1. The van der Waals surface area contributed by atoms with E-state index in [1.165, 1.54) is 11.0 Å². The van der Waals surface area contributed by atoms with Gasteiger partial charge in [0.2, 0.25) is 5.91 Å². The summed E-state index contributed by atoms with van der Waals surface area (Å²) in [5.41, 5.74) is 5.95. The number of carbonyl (C=O) groups excluding carboxylic acids is 1. The molecule has 0 bridgehead atoms. The number of hydrogen-bond donors (Lipinski definition) is 2. The molecule has 0 radical (unpaired) electrons. The summed E-state index contributed by atoms with van der Waals surface area (Å²) in [5, 5.41) is 9.03. The van der Waals surface area contributed by atoms with Gasteiger partial charge in [0.25, 0.3) is 0 Å². The second-order valence-corrected chi connectivity index (χ2v) is 4.99. The van der Waals surface area contributed by atoms with Crippen LogP contribution in [0.1, 0.15) is 6.42 Å². The van der Waals surface area contributed by atoms with E-state index >= 15 is 0 Å². The maximum absolute atomic E-state index is 13.5. The molecule has 6 heteroatoms. The molecule has 92 valence electrons. The monoisotopic (exact) mass is 302 g/mol. The Balaban J connectivity index is 2.38. The van der Waals surface area contributed by atoms with Gasteiger partial charge in [0.15, 0.2) is 0 Å². The van der Waals surface area contributed by atoms with Crippen molar-refractivity contribution in [3.05, 3.63) is 22.4 Å². The molecule has 1 aromatic carbocycles. The predicted molar refractivity (Wildman–Crippen MR) is 66.1 cm³/mol. The molecule has 1 aliphatic rings. The topological polar surface area (TPSA) is 66.6 Å². The second-order valence-electron chi connectivity index (χ2n) is 4.08. The number of nitrogens with two attached hydrogens (primary N) is 1. The average Bonchev–Trinajstić information content (AvgIpc) is 2.65. The van der Waals surface area contributed by atoms with Crippen molar-refractivity contribution in [3.8, 4) is 0 Å². The molecule has 1 saturated heterocycles. The fourth-order valence-corrected chi connectivity index (χ4v) is 2.35. The zero-order chi connectivity index (χ0) is 12.6. The molecule has 0 spiro atoms. The number of benzene rings is 1. The van der Waals surface area contributed by atoms with Crippen LogP contribution in [0.15, 0.2) is 16.6 Å². The third-order valence-electron chi connectivity index (χ3n) is 2.83. The van der Waals surface area contributed by atoms with Crippen molar-refractivity contribution >= 4 is 33.2 Å². The first-order valence-electron chi connectivity index (χ1n) is 5.18. The molecule has 0 aromatic heterocycles. The first-order valence-corrected chi connectivity index (χ1v) is 5.98. The zero-order valence-electron chi connectivity index (χ0n) is 8.99. The standard InChI is InChI=1S/C11H12BrFN2O2/c12-7-2-8(13)11(14)9(3-7)15-4-6(5-16)1-10(15)17/h2-3,6,16H,1,4-5,14H2. The fraction of sp³-hybridized carbons (Fsp3) is 0.364. The van der Waals surface area contributed by atoms with E-state index in [0.29, 0.717) is 16.7 Å². The van der Waals surface area contributed by atoms with Gasteiger partial charge in [-0.25, -0.2) is 4.39 Å². The van der Waals surface area contributed by atoms with Gasteiger partial charge < -0.3 is 15.7 Å². The molecular weight excluding hydrogens is 291 g/mol. The number of nitrogen functional groups attached to an aromatic ring is 1. The number of hydrogen-bond acceptors (Lipinski definition) is 3. The predicted octanol–water partition coefficient (Wildman–Crippen LogP) is 1.52. The third-order valence-corrected chi connectivity index (χ3v) is 3.28. The van der Waals surface area contributed by atoms with Gasteiger partial charge in [-0.3, -0.25) is 4.79 Å². The highest BCUT2D eigenvalue weighted by atomic mass is 79.9. The fourth-order valence-electron chi connectivity index (χ4n) is 1.93. The first kappa shape index (κ1) is 12.3. The van der Waals surface area contributed by atoms with Crippen LogP contribution in [-0.4, -0.2) is 24.2 Å². The minimum Gasteiger partial charge on any atom is -0.396 e. The highest BCUT2D eigenvalue weighted by molar-refractivity contribution is 9.10. The Morgan fingerprint density at radius 3 is 2.88 bits per heavy atom. The lowest BCUT2D eigenvalue weighted by Gasteiger charge is -2.19. The van der Waals surface area contributed by atoms with Crippen molar-refractivity contribution in [1.82, 2.24) is 0 Å². The molecular formula is C11H12BrFN2O2. The van der Waals surface area contributed by atoms with Crippen molar-refractivity contribution in [1.29, 1.82) is 0 Å². The molecule has 4 nitrogen and oxygen atoms in total. The van der Waals surface area contributed by atoms with Crippen molar-refractivity contribution in [2.45, 2.75) is 6.42 Å². The van der Waals surface area contributed by atoms with Gasteiger partial charge in [0.1, 0.15) is 5.82 Å². The van der Waals surface area contributed by atoms with E-state index in [2.05, 4.69) is 15.9 Å². The molecule has 1 heterocycles. The Morgan fingerprint density at radius 1 is 1.59 bits per heavy atom. The van der Waals surface area contributed by atoms with Gasteiger partial charge in [-0.2, -0.15) is 0 Å². The van der Waals surface area contributed by atoms with Gasteiger partial charge in [-0.05, 0) is 12.1 Å². The summed E-state index contributed by atoms with van der Waals surface area (Å²) in [5.74, 6) is -0.813. The van der Waals surface area contributed by atoms with Crippen LogP contribution in [0.4, 0.5) is 15.8 Å². The molecule has 1 aliphatic heterocycles. The molecule has 1 aromatic rings. The number of aliphatic hydroxyl groups is 1. The van der Waals surface area contributed by atoms with E-state index in [1.807, 2.05) is 0 Å². The smallest absolute Gasteiger partial charge is 0.227 e. The summed E-state index contributed by atoms with van der Waals surface area (Å²) in [6, 6.07) is 2.86. The molecule has 0 saturated carbocycles. The maximum atomic E-state index is 13.5. The maximum Gasteiger partial charge on any atom is 0.227 e. The SMILES string of the molecule is Nc1c(F)cc(Br)cc1N1CC(CO)CC1=O. The van der Waals surface area contributed by atoms with Gasteiger partial charge in [0.05, 0.1) is 11.4 Å². The van der Waals surface area contributed by atoms with E-state index in [-0.39, 0.29) is 30.5 Å². The number of halogens is 2. The Labute approximate surface area is 106 Å². The molecule has 1 atom stereocenters. The largest absolute Gasteiger partial charge is 0.396 e. The lowest BCUT2D eigenvalue weighted by Crippen LogP contribution is -2.26. The van der Waals surface area contributed by atoms with E-state index in [9.17, 15) is 9.18 Å². The zero-order valence-corrected chi connectivity index (χ0v) is 10.6. The molecule has 2 rings (SSSR count). The average molecular weight is 303 g/mol. The second kappa shape index (κ2) is 4.62. The molecule has 1 amide bonds. The lowest BCUT2D eigenvalue weighted by molar-refractivity contribution is -0.117. The van der Waals surface area contributed by atoms with Gasteiger partial charge in [-0.15, -0.1) is 0 Å². The van der Waals surface area contributed by atoms with Crippen molar-refractivity contribution in [2.24, 2.45) is 5.92 Å². The minimum absolute atomic E-state index is 0.0415. The van der Waals surface area contributed by atoms with Crippen LogP contribution in [0, 0.1) is 11.7 Å². The summed E-state index contributed by atoms with van der Waals surface area (Å²) in [7, 11) is 0. The Bertz CT molecular complexity index is 467. The van der Waals surface area contributed by atoms with E-state index in [0.717, 1.165) is 0 Å².